The second kappa shape index (κ2) is 20.9. The molecule has 0 fully saturated rings. The molecule has 1 N–H and O–H groups in total. The highest BCUT2D eigenvalue weighted by Crippen LogP contribution is 2.40. The first-order valence-electron chi connectivity index (χ1n) is 22.8. The van der Waals surface area contributed by atoms with Gasteiger partial charge in [-0.3, -0.25) is 32.4 Å². The smallest absolute Gasteiger partial charge is 0.331 e. The standard InChI is InChI=1S/C25H17F2N7O4.C22H13F2N7O2.C3H5BrO2/c1-28-14-3-4-17-19(9-14)33(12-30-17)24-29-10-20-23(31-24)34(25(36)32(20)11-21(35)37-2)18-5-6-38-22-15(18)7-13(26)8-16(22)27;1-25-12-2-3-15-18(8-12)30(10-27-15)21-26-9-16-20(29-21)31(22(32)28-16)17-4-5-33-19-13(17)6-11(23)7-14(19)24;1-6-3(5)2-4/h3-4,7-10,12,18H,5-6,11H2,2H3;2-3,6-10,17H,4-5H2,(H,28,32);2H2,1H3/t18-;17-;/m11./s1. The summed E-state index contributed by atoms with van der Waals surface area (Å²) in [5.74, 6) is -4.04. The summed E-state index contributed by atoms with van der Waals surface area (Å²) in [4.78, 5) is 84.8. The molecule has 12 rings (SSSR count). The van der Waals surface area contributed by atoms with Crippen LogP contribution in [0, 0.1) is 36.4 Å². The van der Waals surface area contributed by atoms with Crippen LogP contribution < -0.4 is 20.9 Å². The van der Waals surface area contributed by atoms with Crippen LogP contribution in [-0.2, 0) is 25.6 Å². The number of fused-ring (bicyclic) bond motifs is 6. The number of methoxy groups -OCH3 is 2. The third-order valence-electron chi connectivity index (χ3n) is 12.4. The number of H-pyrrole nitrogens is 1. The van der Waals surface area contributed by atoms with Crippen molar-refractivity contribution in [2.24, 2.45) is 0 Å². The summed E-state index contributed by atoms with van der Waals surface area (Å²) < 4.78 is 83.9. The number of imidazole rings is 4. The van der Waals surface area contributed by atoms with Crippen molar-refractivity contribution in [2.45, 2.75) is 31.5 Å². The van der Waals surface area contributed by atoms with E-state index in [-0.39, 0.29) is 82.3 Å². The summed E-state index contributed by atoms with van der Waals surface area (Å²) in [6.07, 6.45) is 6.41. The Bertz CT molecular complexity index is 4230. The van der Waals surface area contributed by atoms with Crippen LogP contribution in [0.1, 0.15) is 36.1 Å². The Morgan fingerprint density at radius 3 is 1.73 bits per heavy atom. The molecule has 388 valence electrons. The van der Waals surface area contributed by atoms with Crippen LogP contribution in [0.3, 0.4) is 0 Å². The van der Waals surface area contributed by atoms with Crippen molar-refractivity contribution in [1.29, 1.82) is 0 Å². The highest BCUT2D eigenvalue weighted by molar-refractivity contribution is 9.09. The average Bonchev–Trinajstić information content (AvgIpc) is 4.27. The molecule has 2 aliphatic rings. The molecule has 0 unspecified atom stereocenters. The number of hydrogen-bond donors (Lipinski definition) is 1. The van der Waals surface area contributed by atoms with Gasteiger partial charge in [0, 0.05) is 36.1 Å². The Balaban J connectivity index is 0.000000159. The number of halogens is 5. The fourth-order valence-corrected chi connectivity index (χ4v) is 9.19. The van der Waals surface area contributed by atoms with Crippen molar-refractivity contribution >= 4 is 83.6 Å². The minimum Gasteiger partial charge on any atom is -0.490 e. The van der Waals surface area contributed by atoms with Crippen molar-refractivity contribution < 1.29 is 46.1 Å². The van der Waals surface area contributed by atoms with Crippen LogP contribution in [-0.4, -0.2) is 102 Å². The predicted octanol–water partition coefficient (Wildman–Crippen LogP) is 7.52. The number of benzene rings is 4. The third-order valence-corrected chi connectivity index (χ3v) is 12.9. The molecule has 22 nitrogen and oxygen atoms in total. The lowest BCUT2D eigenvalue weighted by atomic mass is 10.00. The molecule has 27 heteroatoms. The average molecular weight is 1120 g/mol. The Morgan fingerprint density at radius 1 is 0.701 bits per heavy atom. The zero-order valence-corrected chi connectivity index (χ0v) is 41.5. The van der Waals surface area contributed by atoms with Gasteiger partial charge in [0.1, 0.15) is 47.2 Å². The second-order valence-electron chi connectivity index (χ2n) is 16.8. The largest absolute Gasteiger partial charge is 0.490 e. The van der Waals surface area contributed by atoms with Crippen LogP contribution in [0.4, 0.5) is 28.9 Å². The molecule has 2 aliphatic heterocycles. The summed E-state index contributed by atoms with van der Waals surface area (Å²) in [6.45, 7) is 14.4. The first-order valence-corrected chi connectivity index (χ1v) is 23.9. The molecule has 77 heavy (non-hydrogen) atoms. The summed E-state index contributed by atoms with van der Waals surface area (Å²) in [5, 5.41) is 0.281. The van der Waals surface area contributed by atoms with Gasteiger partial charge in [-0.15, -0.1) is 0 Å². The zero-order valence-electron chi connectivity index (χ0n) is 39.9. The molecule has 4 aromatic carbocycles. The van der Waals surface area contributed by atoms with Crippen molar-refractivity contribution in [3.8, 4) is 23.4 Å². The molecule has 0 amide bonds. The number of rotatable bonds is 7. The lowest BCUT2D eigenvalue weighted by Gasteiger charge is -2.27. The van der Waals surface area contributed by atoms with Gasteiger partial charge < -0.3 is 23.9 Å². The number of aromatic nitrogens is 12. The first-order chi connectivity index (χ1) is 37.2. The fourth-order valence-electron chi connectivity index (χ4n) is 8.96. The van der Waals surface area contributed by atoms with E-state index in [1.54, 1.807) is 45.5 Å². The summed E-state index contributed by atoms with van der Waals surface area (Å²) in [5.41, 5.74) is 3.55. The number of hydrogen-bond acceptors (Lipinski definition) is 14. The number of aromatic amines is 1. The van der Waals surface area contributed by atoms with Crippen LogP contribution in [0.15, 0.2) is 95.3 Å². The summed E-state index contributed by atoms with van der Waals surface area (Å²) in [6, 6.07) is 12.3. The molecule has 0 saturated heterocycles. The molecule has 0 bridgehead atoms. The minimum absolute atomic E-state index is 0.0693. The van der Waals surface area contributed by atoms with E-state index in [0.717, 1.165) is 16.7 Å². The Labute approximate surface area is 437 Å². The van der Waals surface area contributed by atoms with E-state index in [1.807, 2.05) is 0 Å². The number of ether oxygens (including phenoxy) is 4. The van der Waals surface area contributed by atoms with E-state index in [1.165, 1.54) is 54.5 Å². The van der Waals surface area contributed by atoms with Gasteiger partial charge in [-0.05, 0) is 36.4 Å². The highest BCUT2D eigenvalue weighted by atomic mass is 79.9. The number of nitrogens with one attached hydrogen (secondary N) is 1. The van der Waals surface area contributed by atoms with E-state index in [2.05, 4.69) is 65.2 Å². The van der Waals surface area contributed by atoms with Gasteiger partial charge in [0.15, 0.2) is 45.8 Å². The maximum Gasteiger partial charge on any atom is 0.331 e. The second-order valence-corrected chi connectivity index (χ2v) is 17.4. The van der Waals surface area contributed by atoms with Crippen molar-refractivity contribution in [1.82, 2.24) is 57.7 Å². The van der Waals surface area contributed by atoms with E-state index < -0.39 is 59.2 Å². The molecule has 0 aliphatic carbocycles. The maximum absolute atomic E-state index is 14.5. The van der Waals surface area contributed by atoms with Crippen molar-refractivity contribution in [3.63, 3.8) is 0 Å². The SMILES string of the molecule is COC(=O)CBr.[C-]#[N+]c1ccc2ncn(-c3ncc4[nH]c(=O)n([C@@H]5CCOc6c(F)cc(F)cc65)c4n3)c2c1.[C-]#[N+]c1ccc2ncn(-c3ncc4c(n3)n([C@@H]3CCOc5c(F)cc(F)cc53)c(=O)n4CC(=O)OC)c2c1. The Kier molecular flexibility index (Phi) is 13.8. The van der Waals surface area contributed by atoms with Gasteiger partial charge in [-0.2, -0.15) is 9.97 Å². The molecule has 2 atom stereocenters. The normalized spacial score (nSPS) is 14.5. The summed E-state index contributed by atoms with van der Waals surface area (Å²) in [7, 11) is 2.55. The van der Waals surface area contributed by atoms with Gasteiger partial charge in [0.2, 0.25) is 11.9 Å². The number of alkyl halides is 1. The van der Waals surface area contributed by atoms with Crippen LogP contribution >= 0.6 is 15.9 Å². The highest BCUT2D eigenvalue weighted by Gasteiger charge is 2.33. The first kappa shape index (κ1) is 50.8. The van der Waals surface area contributed by atoms with Crippen molar-refractivity contribution in [2.75, 3.05) is 32.8 Å². The van der Waals surface area contributed by atoms with E-state index in [4.69, 9.17) is 27.4 Å². The fraction of sp³-hybridized carbons (Fsp3) is 0.200. The topological polar surface area (TPSA) is 232 Å². The number of carbonyl (C=O) groups excluding carboxylic acids is 2. The number of nitrogens with zero attached hydrogens (tertiary/aromatic N) is 13. The monoisotopic (exact) mass is 1110 g/mol. The van der Waals surface area contributed by atoms with E-state index >= 15 is 0 Å². The van der Waals surface area contributed by atoms with Gasteiger partial charge in [0.05, 0.1) is 87.1 Å². The van der Waals surface area contributed by atoms with Gasteiger partial charge >= 0.3 is 23.3 Å². The Hall–Kier alpha value is -9.76. The number of carbonyl (C=O) groups is 2. The van der Waals surface area contributed by atoms with Crippen LogP contribution in [0.2, 0.25) is 0 Å². The van der Waals surface area contributed by atoms with Crippen LogP contribution in [0.5, 0.6) is 11.5 Å². The van der Waals surface area contributed by atoms with E-state index in [9.17, 15) is 36.7 Å². The van der Waals surface area contributed by atoms with Gasteiger partial charge in [-0.25, -0.2) is 56.8 Å². The zero-order chi connectivity index (χ0) is 54.2. The van der Waals surface area contributed by atoms with E-state index in [0.29, 0.717) is 51.4 Å². The molecule has 10 aromatic rings. The number of esters is 2. The van der Waals surface area contributed by atoms with Gasteiger partial charge in [0.25, 0.3) is 0 Å². The van der Waals surface area contributed by atoms with Crippen LogP contribution in [0.25, 0.3) is 66.0 Å². The minimum atomic E-state index is -0.883. The molecule has 6 aromatic heterocycles. The molecular weight excluding hydrogens is 1080 g/mol. The lowest BCUT2D eigenvalue weighted by molar-refractivity contribution is -0.141. The predicted molar refractivity (Wildman–Crippen MR) is 269 cm³/mol. The Morgan fingerprint density at radius 2 is 1.22 bits per heavy atom. The molecule has 0 saturated carbocycles. The van der Waals surface area contributed by atoms with Gasteiger partial charge in [-0.1, -0.05) is 28.1 Å². The summed E-state index contributed by atoms with van der Waals surface area (Å²) >= 11 is 2.90. The molecule has 0 spiro atoms. The molecule has 0 radical (unpaired) electrons. The molecular formula is C50H35BrF4N14O8. The molecule has 8 heterocycles. The maximum atomic E-state index is 14.5. The van der Waals surface area contributed by atoms with Crippen molar-refractivity contribution in [3.05, 3.63) is 164 Å². The third kappa shape index (κ3) is 9.43. The lowest BCUT2D eigenvalue weighted by Crippen LogP contribution is -2.32. The quantitative estimate of drug-likeness (QED) is 0.0704.